The van der Waals surface area contributed by atoms with E-state index < -0.39 is 0 Å². The first-order valence-electron chi connectivity index (χ1n) is 6.79. The summed E-state index contributed by atoms with van der Waals surface area (Å²) in [7, 11) is 1.55. The first kappa shape index (κ1) is 17.0. The van der Waals surface area contributed by atoms with E-state index in [1.54, 1.807) is 7.11 Å². The molecular formula is C14H27NO3. The maximum atomic E-state index is 11.9. The summed E-state index contributed by atoms with van der Waals surface area (Å²) < 4.78 is 10.3. The van der Waals surface area contributed by atoms with Gasteiger partial charge in [0, 0.05) is 19.6 Å². The van der Waals surface area contributed by atoms with E-state index >= 15 is 0 Å². The molecule has 1 N–H and O–H groups in total. The van der Waals surface area contributed by atoms with Crippen LogP contribution >= 0.6 is 0 Å². The van der Waals surface area contributed by atoms with Crippen LogP contribution in [0.1, 0.15) is 40.0 Å². The summed E-state index contributed by atoms with van der Waals surface area (Å²) in [5.41, 5.74) is 0. The van der Waals surface area contributed by atoms with Crippen LogP contribution in [0.3, 0.4) is 0 Å². The fourth-order valence-electron chi connectivity index (χ4n) is 1.96. The van der Waals surface area contributed by atoms with Crippen molar-refractivity contribution in [1.29, 1.82) is 0 Å². The molecule has 0 spiro atoms. The predicted molar refractivity (Wildman–Crippen MR) is 73.3 cm³/mol. The van der Waals surface area contributed by atoms with Gasteiger partial charge in [0.25, 0.3) is 0 Å². The van der Waals surface area contributed by atoms with Gasteiger partial charge in [0.15, 0.2) is 11.7 Å². The Balaban J connectivity index is 0.00000137. The molecule has 0 aromatic rings. The highest BCUT2D eigenvalue weighted by atomic mass is 16.5. The molecular weight excluding hydrogens is 230 g/mol. The number of rotatable bonds is 6. The van der Waals surface area contributed by atoms with Gasteiger partial charge in [-0.1, -0.05) is 20.8 Å². The van der Waals surface area contributed by atoms with Gasteiger partial charge in [-0.3, -0.25) is 4.79 Å². The lowest BCUT2D eigenvalue weighted by molar-refractivity contribution is -0.123. The monoisotopic (exact) mass is 257 g/mol. The van der Waals surface area contributed by atoms with Gasteiger partial charge in [0.1, 0.15) is 0 Å². The molecule has 1 aliphatic rings. The third-order valence-corrected chi connectivity index (χ3v) is 3.00. The van der Waals surface area contributed by atoms with Crippen molar-refractivity contribution < 1.29 is 14.3 Å². The molecule has 106 valence electrons. The summed E-state index contributed by atoms with van der Waals surface area (Å²) >= 11 is 0. The van der Waals surface area contributed by atoms with E-state index in [0.29, 0.717) is 18.2 Å². The minimum atomic E-state index is -0.179. The van der Waals surface area contributed by atoms with Gasteiger partial charge in [-0.25, -0.2) is 0 Å². The summed E-state index contributed by atoms with van der Waals surface area (Å²) in [6.07, 6.45) is 2.37. The summed E-state index contributed by atoms with van der Waals surface area (Å²) in [5, 5.41) is 3.07. The second-order valence-corrected chi connectivity index (χ2v) is 4.02. The van der Waals surface area contributed by atoms with Gasteiger partial charge in [-0.15, -0.1) is 0 Å². The molecule has 0 bridgehead atoms. The van der Waals surface area contributed by atoms with Crippen molar-refractivity contribution >= 4 is 5.78 Å². The standard InChI is InChI=1S/C12H21NO3.C2H6/c1-4-11(14)12(13-9(2)15-3)10-5-7-16-8-6-10;1-2/h10,12-13H,2,4-8H2,1,3H3;1-2H3. The fraction of sp³-hybridized carbons (Fsp3) is 0.786. The van der Waals surface area contributed by atoms with Crippen LogP contribution in [0.5, 0.6) is 0 Å². The molecule has 4 nitrogen and oxygen atoms in total. The zero-order valence-electron chi connectivity index (χ0n) is 12.1. The van der Waals surface area contributed by atoms with Crippen molar-refractivity contribution in [2.24, 2.45) is 5.92 Å². The molecule has 1 fully saturated rings. The fourth-order valence-corrected chi connectivity index (χ4v) is 1.96. The summed E-state index contributed by atoms with van der Waals surface area (Å²) in [5.74, 6) is 0.997. The van der Waals surface area contributed by atoms with Gasteiger partial charge >= 0.3 is 0 Å². The molecule has 0 aliphatic carbocycles. The number of Topliss-reactive ketones (excluding diaryl/α,β-unsaturated/α-hetero) is 1. The Morgan fingerprint density at radius 3 is 2.44 bits per heavy atom. The van der Waals surface area contributed by atoms with E-state index in [1.807, 2.05) is 20.8 Å². The van der Waals surface area contributed by atoms with Gasteiger partial charge < -0.3 is 14.8 Å². The van der Waals surface area contributed by atoms with Crippen molar-refractivity contribution in [3.8, 4) is 0 Å². The van der Waals surface area contributed by atoms with Crippen molar-refractivity contribution in [3.05, 3.63) is 12.5 Å². The van der Waals surface area contributed by atoms with E-state index in [2.05, 4.69) is 11.9 Å². The summed E-state index contributed by atoms with van der Waals surface area (Å²) in [6.45, 7) is 11.1. The van der Waals surface area contributed by atoms with Gasteiger partial charge in [0.2, 0.25) is 0 Å². The van der Waals surface area contributed by atoms with Crippen LogP contribution in [-0.2, 0) is 14.3 Å². The second kappa shape index (κ2) is 9.95. The van der Waals surface area contributed by atoms with Crippen molar-refractivity contribution in [2.45, 2.75) is 46.1 Å². The van der Waals surface area contributed by atoms with Crippen LogP contribution in [-0.4, -0.2) is 32.1 Å². The minimum absolute atomic E-state index is 0.179. The number of hydrogen-bond donors (Lipinski definition) is 1. The van der Waals surface area contributed by atoms with Gasteiger partial charge in [-0.2, -0.15) is 0 Å². The molecule has 4 heteroatoms. The third kappa shape index (κ3) is 5.54. The molecule has 18 heavy (non-hydrogen) atoms. The Morgan fingerprint density at radius 2 is 2.00 bits per heavy atom. The predicted octanol–water partition coefficient (Wildman–Crippen LogP) is 2.49. The zero-order valence-corrected chi connectivity index (χ0v) is 12.1. The molecule has 1 rings (SSSR count). The van der Waals surface area contributed by atoms with E-state index in [0.717, 1.165) is 26.1 Å². The number of hydrogen-bond acceptors (Lipinski definition) is 4. The maximum Gasteiger partial charge on any atom is 0.179 e. The van der Waals surface area contributed by atoms with Crippen LogP contribution < -0.4 is 5.32 Å². The van der Waals surface area contributed by atoms with Crippen molar-refractivity contribution in [2.75, 3.05) is 20.3 Å². The summed E-state index contributed by atoms with van der Waals surface area (Å²) in [6, 6.07) is -0.179. The highest BCUT2D eigenvalue weighted by Crippen LogP contribution is 2.21. The second-order valence-electron chi connectivity index (χ2n) is 4.02. The van der Waals surface area contributed by atoms with Crippen LogP contribution in [0.25, 0.3) is 0 Å². The third-order valence-electron chi connectivity index (χ3n) is 3.00. The van der Waals surface area contributed by atoms with Crippen molar-refractivity contribution in [3.63, 3.8) is 0 Å². The Labute approximate surface area is 111 Å². The number of nitrogens with one attached hydrogen (secondary N) is 1. The highest BCUT2D eigenvalue weighted by Gasteiger charge is 2.29. The first-order valence-corrected chi connectivity index (χ1v) is 6.79. The lowest BCUT2D eigenvalue weighted by Crippen LogP contribution is -2.44. The van der Waals surface area contributed by atoms with Crippen LogP contribution in [0, 0.1) is 5.92 Å². The number of ketones is 1. The molecule has 1 aliphatic heterocycles. The zero-order chi connectivity index (χ0) is 14.0. The number of ether oxygens (including phenoxy) is 2. The first-order chi connectivity index (χ1) is 8.69. The molecule has 1 heterocycles. The Kier molecular flexibility index (Phi) is 9.38. The quantitative estimate of drug-likeness (QED) is 0.743. The average Bonchev–Trinajstić information content (AvgIpc) is 2.46. The lowest BCUT2D eigenvalue weighted by Gasteiger charge is -2.30. The minimum Gasteiger partial charge on any atom is -0.483 e. The van der Waals surface area contributed by atoms with Crippen LogP contribution in [0.4, 0.5) is 0 Å². The SMILES string of the molecule is C=C(NC(C(=O)CC)C1CCOCC1)OC.CC. The van der Waals surface area contributed by atoms with E-state index in [9.17, 15) is 4.79 Å². The normalized spacial score (nSPS) is 17.1. The summed E-state index contributed by atoms with van der Waals surface area (Å²) in [4.78, 5) is 11.9. The Morgan fingerprint density at radius 1 is 1.44 bits per heavy atom. The van der Waals surface area contributed by atoms with Gasteiger partial charge in [0.05, 0.1) is 13.2 Å². The lowest BCUT2D eigenvalue weighted by atomic mass is 9.88. The van der Waals surface area contributed by atoms with E-state index in [1.165, 1.54) is 0 Å². The molecule has 1 saturated heterocycles. The van der Waals surface area contributed by atoms with Crippen LogP contribution in [0.15, 0.2) is 12.5 Å². The number of methoxy groups -OCH3 is 1. The molecule has 0 amide bonds. The molecule has 0 saturated carbocycles. The van der Waals surface area contributed by atoms with Crippen molar-refractivity contribution in [1.82, 2.24) is 5.32 Å². The molecule has 0 aromatic heterocycles. The molecule has 0 aromatic carbocycles. The Hall–Kier alpha value is -1.03. The van der Waals surface area contributed by atoms with E-state index in [4.69, 9.17) is 9.47 Å². The van der Waals surface area contributed by atoms with E-state index in [-0.39, 0.29) is 11.8 Å². The largest absolute Gasteiger partial charge is 0.483 e. The molecule has 1 atom stereocenters. The number of carbonyl (C=O) groups is 1. The topological polar surface area (TPSA) is 47.6 Å². The average molecular weight is 257 g/mol. The van der Waals surface area contributed by atoms with Gasteiger partial charge in [-0.05, 0) is 25.3 Å². The number of carbonyl (C=O) groups excluding carboxylic acids is 1. The maximum absolute atomic E-state index is 11.9. The molecule has 0 radical (unpaired) electrons. The molecule has 1 unspecified atom stereocenters. The smallest absolute Gasteiger partial charge is 0.179 e. The van der Waals surface area contributed by atoms with Crippen LogP contribution in [0.2, 0.25) is 0 Å². The highest BCUT2D eigenvalue weighted by molar-refractivity contribution is 5.84. The Bertz CT molecular complexity index is 247.